The number of piperazine rings is 1. The molecule has 0 bridgehead atoms. The number of benzene rings is 2. The van der Waals surface area contributed by atoms with Gasteiger partial charge in [0, 0.05) is 45.8 Å². The minimum absolute atomic E-state index is 0.0188. The first-order valence-corrected chi connectivity index (χ1v) is 11.0. The molecule has 2 aromatic rings. The van der Waals surface area contributed by atoms with Crippen LogP contribution in [0, 0.1) is 5.82 Å². The molecule has 2 aromatic carbocycles. The van der Waals surface area contributed by atoms with Crippen LogP contribution in [0.4, 0.5) is 4.39 Å². The molecule has 1 unspecified atom stereocenters. The van der Waals surface area contributed by atoms with Crippen molar-refractivity contribution in [2.75, 3.05) is 52.4 Å². The average molecular weight is 443 g/mol. The van der Waals surface area contributed by atoms with Gasteiger partial charge in [-0.05, 0) is 24.1 Å². The van der Waals surface area contributed by atoms with E-state index < -0.39 is 17.8 Å². The van der Waals surface area contributed by atoms with Crippen LogP contribution in [-0.4, -0.2) is 85.2 Å². The highest BCUT2D eigenvalue weighted by atomic mass is 19.1. The second-order valence-electron chi connectivity index (χ2n) is 8.01. The van der Waals surface area contributed by atoms with E-state index in [4.69, 9.17) is 0 Å². The smallest absolute Gasteiger partial charge is 0.254 e. The molecule has 1 saturated heterocycles. The number of aliphatic hydroxyl groups excluding tert-OH is 1. The fraction of sp³-hybridized carbons (Fsp3) is 0.417. The lowest BCUT2D eigenvalue weighted by Crippen LogP contribution is -2.52. The second kappa shape index (κ2) is 12.3. The molecule has 3 rings (SSSR count). The molecule has 3 N–H and O–H groups in total. The van der Waals surface area contributed by atoms with Crippen LogP contribution in [-0.2, 0) is 11.2 Å². The first kappa shape index (κ1) is 23.8. The lowest BCUT2D eigenvalue weighted by Gasteiger charge is -2.35. The zero-order chi connectivity index (χ0) is 22.8. The van der Waals surface area contributed by atoms with Gasteiger partial charge < -0.3 is 15.7 Å². The van der Waals surface area contributed by atoms with Crippen LogP contribution in [0.1, 0.15) is 15.9 Å². The quantitative estimate of drug-likeness (QED) is 0.509. The number of halogens is 1. The van der Waals surface area contributed by atoms with Crippen molar-refractivity contribution in [2.24, 2.45) is 0 Å². The number of nitrogens with one attached hydrogen (secondary N) is 2. The number of rotatable bonds is 10. The van der Waals surface area contributed by atoms with Gasteiger partial charge in [-0.1, -0.05) is 42.5 Å². The van der Waals surface area contributed by atoms with E-state index in [2.05, 4.69) is 20.4 Å². The number of amides is 2. The number of hydrogen-bond donors (Lipinski definition) is 3. The van der Waals surface area contributed by atoms with Crippen molar-refractivity contribution >= 4 is 11.8 Å². The normalized spacial score (nSPS) is 15.8. The molecular weight excluding hydrogens is 411 g/mol. The predicted octanol–water partition coefficient (Wildman–Crippen LogP) is 0.893. The summed E-state index contributed by atoms with van der Waals surface area (Å²) < 4.78 is 13.6. The van der Waals surface area contributed by atoms with Crippen molar-refractivity contribution in [3.8, 4) is 0 Å². The molecule has 1 heterocycles. The van der Waals surface area contributed by atoms with Crippen molar-refractivity contribution in [3.05, 3.63) is 71.5 Å². The molecule has 0 aromatic heterocycles. The number of hydrogen-bond acceptors (Lipinski definition) is 5. The zero-order valence-corrected chi connectivity index (χ0v) is 18.2. The molecule has 0 radical (unpaired) electrons. The molecule has 32 heavy (non-hydrogen) atoms. The van der Waals surface area contributed by atoms with Gasteiger partial charge in [0.25, 0.3) is 5.91 Å². The van der Waals surface area contributed by atoms with Gasteiger partial charge in [-0.2, -0.15) is 0 Å². The van der Waals surface area contributed by atoms with E-state index in [0.29, 0.717) is 19.6 Å². The Balaban J connectivity index is 1.29. The molecule has 1 atom stereocenters. The Kier molecular flexibility index (Phi) is 9.15. The van der Waals surface area contributed by atoms with Crippen molar-refractivity contribution in [1.82, 2.24) is 20.4 Å². The van der Waals surface area contributed by atoms with E-state index >= 15 is 0 Å². The number of carbonyl (C=O) groups is 2. The molecule has 0 spiro atoms. The molecule has 1 fully saturated rings. The van der Waals surface area contributed by atoms with E-state index in [1.807, 2.05) is 30.3 Å². The Morgan fingerprint density at radius 3 is 2.31 bits per heavy atom. The minimum Gasteiger partial charge on any atom is -0.390 e. The molecule has 0 aliphatic carbocycles. The van der Waals surface area contributed by atoms with Crippen LogP contribution < -0.4 is 10.6 Å². The van der Waals surface area contributed by atoms with E-state index in [9.17, 15) is 19.1 Å². The van der Waals surface area contributed by atoms with Crippen molar-refractivity contribution in [3.63, 3.8) is 0 Å². The maximum atomic E-state index is 13.6. The predicted molar refractivity (Wildman–Crippen MR) is 121 cm³/mol. The Morgan fingerprint density at radius 1 is 0.938 bits per heavy atom. The van der Waals surface area contributed by atoms with E-state index in [1.54, 1.807) is 6.07 Å². The molecule has 0 saturated carbocycles. The molecule has 8 heteroatoms. The first-order chi connectivity index (χ1) is 15.5. The Morgan fingerprint density at radius 2 is 1.59 bits per heavy atom. The van der Waals surface area contributed by atoms with Crippen LogP contribution in [0.2, 0.25) is 0 Å². The van der Waals surface area contributed by atoms with Gasteiger partial charge >= 0.3 is 0 Å². The summed E-state index contributed by atoms with van der Waals surface area (Å²) in [6.45, 7) is 4.38. The molecule has 2 amide bonds. The monoisotopic (exact) mass is 442 g/mol. The third-order valence-electron chi connectivity index (χ3n) is 5.50. The molecule has 1 aliphatic heterocycles. The molecule has 172 valence electrons. The summed E-state index contributed by atoms with van der Waals surface area (Å²) in [5.74, 6) is -1.10. The third-order valence-corrected chi connectivity index (χ3v) is 5.50. The lowest BCUT2D eigenvalue weighted by molar-refractivity contribution is -0.122. The summed E-state index contributed by atoms with van der Waals surface area (Å²) in [6, 6.07) is 15.8. The van der Waals surface area contributed by atoms with Gasteiger partial charge in [-0.15, -0.1) is 0 Å². The molecule has 7 nitrogen and oxygen atoms in total. The fourth-order valence-corrected chi connectivity index (χ4v) is 3.69. The number of β-amino-alcohol motifs (C(OH)–C–C–N with tert-alkyl or cyclic N) is 1. The summed E-state index contributed by atoms with van der Waals surface area (Å²) in [5.41, 5.74) is 1.17. The topological polar surface area (TPSA) is 84.9 Å². The number of nitrogens with zero attached hydrogens (tertiary/aromatic N) is 2. The SMILES string of the molecule is O=C(CN1CCN(CC(O)CNC(=O)c2ccccc2F)CC1)NCCc1ccccc1. The zero-order valence-electron chi connectivity index (χ0n) is 18.2. The van der Waals surface area contributed by atoms with Crippen LogP contribution in [0.15, 0.2) is 54.6 Å². The van der Waals surface area contributed by atoms with Crippen LogP contribution in [0.25, 0.3) is 0 Å². The summed E-state index contributed by atoms with van der Waals surface area (Å²) in [5, 5.41) is 15.8. The van der Waals surface area contributed by atoms with Gasteiger partial charge in [0.15, 0.2) is 0 Å². The van der Waals surface area contributed by atoms with Crippen LogP contribution >= 0.6 is 0 Å². The summed E-state index contributed by atoms with van der Waals surface area (Å²) in [4.78, 5) is 28.4. The largest absolute Gasteiger partial charge is 0.390 e. The van der Waals surface area contributed by atoms with Gasteiger partial charge in [0.1, 0.15) is 5.82 Å². The van der Waals surface area contributed by atoms with Gasteiger partial charge in [-0.25, -0.2) is 4.39 Å². The van der Waals surface area contributed by atoms with Crippen molar-refractivity contribution in [1.29, 1.82) is 0 Å². The minimum atomic E-state index is -0.751. The maximum Gasteiger partial charge on any atom is 0.254 e. The average Bonchev–Trinajstić information content (AvgIpc) is 2.80. The highest BCUT2D eigenvalue weighted by molar-refractivity contribution is 5.94. The number of carbonyl (C=O) groups excluding carboxylic acids is 2. The van der Waals surface area contributed by atoms with Crippen molar-refractivity contribution in [2.45, 2.75) is 12.5 Å². The van der Waals surface area contributed by atoms with Crippen LogP contribution in [0.3, 0.4) is 0 Å². The highest BCUT2D eigenvalue weighted by Gasteiger charge is 2.21. The van der Waals surface area contributed by atoms with Crippen molar-refractivity contribution < 1.29 is 19.1 Å². The second-order valence-corrected chi connectivity index (χ2v) is 8.01. The van der Waals surface area contributed by atoms with Gasteiger partial charge in [0.05, 0.1) is 18.2 Å². The Hall–Kier alpha value is -2.81. The first-order valence-electron chi connectivity index (χ1n) is 11.0. The molecule has 1 aliphatic rings. The van der Waals surface area contributed by atoms with E-state index in [1.165, 1.54) is 23.8 Å². The van der Waals surface area contributed by atoms with Crippen LogP contribution in [0.5, 0.6) is 0 Å². The lowest BCUT2D eigenvalue weighted by atomic mass is 10.1. The Bertz CT molecular complexity index is 873. The Labute approximate surface area is 188 Å². The summed E-state index contributed by atoms with van der Waals surface area (Å²) in [7, 11) is 0. The third kappa shape index (κ3) is 7.71. The van der Waals surface area contributed by atoms with Gasteiger partial charge in [0.2, 0.25) is 5.91 Å². The highest BCUT2D eigenvalue weighted by Crippen LogP contribution is 2.06. The summed E-state index contributed by atoms with van der Waals surface area (Å²) >= 11 is 0. The number of aliphatic hydroxyl groups is 1. The summed E-state index contributed by atoms with van der Waals surface area (Å²) in [6.07, 6.45) is 0.0599. The van der Waals surface area contributed by atoms with E-state index in [0.717, 1.165) is 32.6 Å². The molecular formula is C24H31FN4O3. The fourth-order valence-electron chi connectivity index (χ4n) is 3.69. The van der Waals surface area contributed by atoms with E-state index in [-0.39, 0.29) is 18.0 Å². The standard InChI is InChI=1S/C24H31FN4O3/c25-22-9-5-4-8-21(22)24(32)27-16-20(30)17-28-12-14-29(15-13-28)18-23(31)26-11-10-19-6-2-1-3-7-19/h1-9,20,30H,10-18H2,(H,26,31)(H,27,32). The maximum absolute atomic E-state index is 13.6. The van der Waals surface area contributed by atoms with Gasteiger partial charge in [-0.3, -0.25) is 19.4 Å².